The fraction of sp³-hybridized carbons (Fsp3) is 0.0213. The number of benzene rings is 16. The van der Waals surface area contributed by atoms with Crippen LogP contribution in [0.25, 0.3) is 188 Å². The Morgan fingerprint density at radius 2 is 0.526 bits per heavy atom. The Hall–Kier alpha value is -12.6. The minimum absolute atomic E-state index is 0.984. The van der Waals surface area contributed by atoms with Crippen LogP contribution in [0.15, 0.2) is 340 Å². The van der Waals surface area contributed by atoms with Crippen molar-refractivity contribution in [1.82, 2.24) is 13.7 Å². The first kappa shape index (κ1) is 54.9. The zero-order valence-electron chi connectivity index (χ0n) is 53.2. The molecule has 0 saturated carbocycles. The van der Waals surface area contributed by atoms with Gasteiger partial charge in [-0.25, -0.2) is 0 Å². The summed E-state index contributed by atoms with van der Waals surface area (Å²) in [5.74, 6) is 0. The van der Waals surface area contributed by atoms with E-state index in [0.717, 1.165) is 24.2 Å². The molecule has 0 radical (unpaired) electrons. The zero-order valence-corrected chi connectivity index (χ0v) is 53.2. The lowest BCUT2D eigenvalue weighted by molar-refractivity contribution is 0.967. The number of nitrogens with zero attached hydrogens (tertiary/aromatic N) is 3. The Kier molecular flexibility index (Phi) is 12.5. The average Bonchev–Trinajstić information content (AvgIpc) is 1.66. The third-order valence-electron chi connectivity index (χ3n) is 20.9. The second-order valence-electron chi connectivity index (χ2n) is 26.1. The van der Waals surface area contributed by atoms with Gasteiger partial charge in [-0.1, -0.05) is 255 Å². The molecule has 97 heavy (non-hydrogen) atoms. The maximum absolute atomic E-state index is 2.53. The summed E-state index contributed by atoms with van der Waals surface area (Å²) in [5.41, 5.74) is 26.7. The molecule has 3 nitrogen and oxygen atoms in total. The molecule has 3 heterocycles. The Morgan fingerprint density at radius 1 is 0.206 bits per heavy atom. The van der Waals surface area contributed by atoms with Gasteiger partial charge in [0.05, 0.1) is 27.6 Å². The second-order valence-corrected chi connectivity index (χ2v) is 26.1. The monoisotopic (exact) mass is 1230 g/mol. The highest BCUT2D eigenvalue weighted by Gasteiger charge is 2.25. The lowest BCUT2D eigenvalue weighted by Crippen LogP contribution is -2.00. The minimum Gasteiger partial charge on any atom is -0.310 e. The molecule has 0 atom stereocenters. The first-order valence-electron chi connectivity index (χ1n) is 33.9. The van der Waals surface area contributed by atoms with Crippen molar-refractivity contribution in [3.63, 3.8) is 0 Å². The Bertz CT molecular complexity index is 6330. The van der Waals surface area contributed by atoms with E-state index in [4.69, 9.17) is 0 Å². The van der Waals surface area contributed by atoms with E-state index in [-0.39, 0.29) is 0 Å². The molecule has 0 amide bonds. The molecule has 0 unspecified atom stereocenters. The van der Waals surface area contributed by atoms with E-state index in [1.165, 1.54) is 181 Å². The average molecular weight is 1230 g/mol. The molecule has 16 aromatic carbocycles. The normalized spacial score (nSPS) is 12.4. The number of hydrogen-bond acceptors (Lipinski definition) is 0. The van der Waals surface area contributed by atoms with Crippen molar-refractivity contribution in [2.24, 2.45) is 0 Å². The summed E-state index contributed by atoms with van der Waals surface area (Å²) < 4.78 is 7.42. The van der Waals surface area contributed by atoms with Gasteiger partial charge >= 0.3 is 0 Å². The molecule has 20 rings (SSSR count). The van der Waals surface area contributed by atoms with Crippen LogP contribution in [0.1, 0.15) is 17.7 Å². The molecular formula is C94H61N3. The zero-order chi connectivity index (χ0) is 63.7. The molecule has 1 aliphatic carbocycles. The lowest BCUT2D eigenvalue weighted by atomic mass is 9.86. The van der Waals surface area contributed by atoms with Gasteiger partial charge in [-0.15, -0.1) is 0 Å². The number of aromatic nitrogens is 3. The van der Waals surface area contributed by atoms with E-state index in [2.05, 4.69) is 360 Å². The molecule has 1 aliphatic rings. The van der Waals surface area contributed by atoms with Crippen LogP contribution in [0.5, 0.6) is 0 Å². The summed E-state index contributed by atoms with van der Waals surface area (Å²) in [4.78, 5) is 0. The molecule has 0 fully saturated rings. The summed E-state index contributed by atoms with van der Waals surface area (Å²) in [5, 5.41) is 16.2. The highest BCUT2D eigenvalue weighted by Crippen LogP contribution is 2.49. The van der Waals surface area contributed by atoms with Crippen LogP contribution >= 0.6 is 0 Å². The Balaban J connectivity index is 0.740. The predicted molar refractivity (Wildman–Crippen MR) is 412 cm³/mol. The number of allylic oxidation sites excluding steroid dienone is 1. The Morgan fingerprint density at radius 3 is 0.938 bits per heavy atom. The van der Waals surface area contributed by atoms with Gasteiger partial charge in [-0.3, -0.25) is 0 Å². The number of para-hydroxylation sites is 3. The smallest absolute Gasteiger partial charge is 0.0544 e. The van der Waals surface area contributed by atoms with Gasteiger partial charge in [0.2, 0.25) is 0 Å². The SMILES string of the molecule is C1=Cc2c(c3cc(-c4ccc5c(c4)c4ccccc4n5-c4ccc(-c5c6ccccc6c(-c6ccccc6)c6ccccc56)cc4)c(-c4ccc5c(c4)c4ccccc4n5-c4ccc(-c5c6ccccc6c(-c6ccccc6)c6ccccc56)cc4)cc3n2-c2ccccc2)CC1. The fourth-order valence-electron chi connectivity index (χ4n) is 16.7. The highest BCUT2D eigenvalue weighted by molar-refractivity contribution is 6.23. The fourth-order valence-corrected chi connectivity index (χ4v) is 16.7. The third kappa shape index (κ3) is 8.55. The van der Waals surface area contributed by atoms with Gasteiger partial charge < -0.3 is 13.7 Å². The van der Waals surface area contributed by atoms with E-state index in [0.29, 0.717) is 0 Å². The van der Waals surface area contributed by atoms with Crippen molar-refractivity contribution >= 4 is 104 Å². The summed E-state index contributed by atoms with van der Waals surface area (Å²) in [6, 6.07) is 124. The topological polar surface area (TPSA) is 14.8 Å². The van der Waals surface area contributed by atoms with E-state index in [9.17, 15) is 0 Å². The molecule has 3 heteroatoms. The first-order chi connectivity index (χ1) is 48.2. The number of rotatable bonds is 9. The highest BCUT2D eigenvalue weighted by atomic mass is 15.0. The maximum atomic E-state index is 2.53. The predicted octanol–water partition coefficient (Wildman–Crippen LogP) is 25.4. The van der Waals surface area contributed by atoms with Crippen LogP contribution < -0.4 is 0 Å². The van der Waals surface area contributed by atoms with E-state index < -0.39 is 0 Å². The van der Waals surface area contributed by atoms with Crippen molar-refractivity contribution in [3.05, 3.63) is 351 Å². The van der Waals surface area contributed by atoms with E-state index >= 15 is 0 Å². The molecule has 0 N–H and O–H groups in total. The largest absolute Gasteiger partial charge is 0.310 e. The van der Waals surface area contributed by atoms with Crippen molar-refractivity contribution in [1.29, 1.82) is 0 Å². The summed E-state index contributed by atoms with van der Waals surface area (Å²) >= 11 is 0. The van der Waals surface area contributed by atoms with Gasteiger partial charge in [0, 0.05) is 49.7 Å². The molecular weight excluding hydrogens is 1170 g/mol. The van der Waals surface area contributed by atoms with Gasteiger partial charge in [0.25, 0.3) is 0 Å². The molecule has 452 valence electrons. The Labute approximate surface area is 561 Å². The number of aryl methyl sites for hydroxylation is 1. The third-order valence-corrected chi connectivity index (χ3v) is 20.9. The second kappa shape index (κ2) is 22.0. The van der Waals surface area contributed by atoms with Gasteiger partial charge in [0.15, 0.2) is 0 Å². The first-order valence-corrected chi connectivity index (χ1v) is 33.9. The molecule has 0 bridgehead atoms. The van der Waals surface area contributed by atoms with Crippen LogP contribution in [-0.4, -0.2) is 13.7 Å². The molecule has 19 aromatic rings. The molecule has 0 aliphatic heterocycles. The minimum atomic E-state index is 0.984. The van der Waals surface area contributed by atoms with Crippen LogP contribution in [0, 0.1) is 0 Å². The van der Waals surface area contributed by atoms with Crippen molar-refractivity contribution < 1.29 is 0 Å². The van der Waals surface area contributed by atoms with Crippen LogP contribution in [0.4, 0.5) is 0 Å². The maximum Gasteiger partial charge on any atom is 0.0544 e. The number of fused-ring (bicyclic) bond motifs is 13. The summed E-state index contributed by atoms with van der Waals surface area (Å²) in [6.45, 7) is 0. The standard InChI is InChI=1S/C94H61N3/c1-4-24-60(25-5-1)91-72-33-10-14-37-76(72)93(77-38-15-11-34-73(77)91)62-44-50-67(51-45-62)95-85-41-21-18-30-69(85)82-56-64(48-54-88(82)95)80-58-84-71-32-20-23-43-87(71)97(66-28-8-3-9-29-66)90(84)59-81(80)65-49-55-89-83(57-65)70-31-19-22-42-86(70)96(89)68-52-46-63(47-53-68)94-78-39-16-12-35-74(78)92(61-26-6-2-7-27-61)75-36-13-17-40-79(75)94/h1-19,21-31,33-59H,20,32H2. The van der Waals surface area contributed by atoms with Gasteiger partial charge in [-0.05, 0) is 219 Å². The van der Waals surface area contributed by atoms with E-state index in [1.807, 2.05) is 0 Å². The van der Waals surface area contributed by atoms with Gasteiger partial charge in [0.1, 0.15) is 0 Å². The molecule has 0 saturated heterocycles. The summed E-state index contributed by atoms with van der Waals surface area (Å²) in [6.07, 6.45) is 6.69. The van der Waals surface area contributed by atoms with Crippen LogP contribution in [0.2, 0.25) is 0 Å². The summed E-state index contributed by atoms with van der Waals surface area (Å²) in [7, 11) is 0. The van der Waals surface area contributed by atoms with Crippen molar-refractivity contribution in [2.75, 3.05) is 0 Å². The molecule has 0 spiro atoms. The number of hydrogen-bond donors (Lipinski definition) is 0. The van der Waals surface area contributed by atoms with E-state index in [1.54, 1.807) is 0 Å². The van der Waals surface area contributed by atoms with Gasteiger partial charge in [-0.2, -0.15) is 0 Å². The van der Waals surface area contributed by atoms with Crippen molar-refractivity contribution in [2.45, 2.75) is 12.8 Å². The van der Waals surface area contributed by atoms with Crippen LogP contribution in [0.3, 0.4) is 0 Å². The lowest BCUT2D eigenvalue weighted by Gasteiger charge is -2.18. The van der Waals surface area contributed by atoms with Crippen LogP contribution in [-0.2, 0) is 6.42 Å². The van der Waals surface area contributed by atoms with Crippen molar-refractivity contribution in [3.8, 4) is 83.8 Å². The quantitative estimate of drug-likeness (QED) is 0.128. The molecule has 3 aromatic heterocycles.